The van der Waals surface area contributed by atoms with Crippen LogP contribution in [0, 0.1) is 0 Å². The molecule has 2 heterocycles. The van der Waals surface area contributed by atoms with E-state index in [2.05, 4.69) is 0 Å². The second kappa shape index (κ2) is 4.76. The molecule has 0 unspecified atom stereocenters. The zero-order valence-corrected chi connectivity index (χ0v) is 11.7. The van der Waals surface area contributed by atoms with Gasteiger partial charge in [-0.2, -0.15) is 0 Å². The summed E-state index contributed by atoms with van der Waals surface area (Å²) in [6, 6.07) is 11.0. The number of carboxylic acids is 1. The van der Waals surface area contributed by atoms with Gasteiger partial charge in [-0.25, -0.2) is 4.79 Å². The zero-order valence-electron chi connectivity index (χ0n) is 10.9. The van der Waals surface area contributed by atoms with Gasteiger partial charge >= 0.3 is 5.97 Å². The molecule has 5 heteroatoms. The van der Waals surface area contributed by atoms with E-state index in [-0.39, 0.29) is 16.8 Å². The zero-order chi connectivity index (χ0) is 14.3. The van der Waals surface area contributed by atoms with Gasteiger partial charge in [0, 0.05) is 11.7 Å². The lowest BCUT2D eigenvalue weighted by molar-refractivity contribution is 0.0702. The van der Waals surface area contributed by atoms with Crippen LogP contribution < -0.4 is 4.90 Å². The molecule has 0 radical (unpaired) electrons. The molecule has 1 atom stereocenters. The van der Waals surface area contributed by atoms with Gasteiger partial charge in [-0.15, -0.1) is 11.3 Å². The number of carbonyl (C=O) groups excluding carboxylic acids is 1. The molecule has 1 aliphatic heterocycles. The average molecular weight is 287 g/mol. The number of carboxylic acid groups (broad SMARTS) is 1. The Balaban J connectivity index is 1.96. The van der Waals surface area contributed by atoms with Gasteiger partial charge in [-0.3, -0.25) is 4.79 Å². The number of amides is 1. The molecule has 4 nitrogen and oxygen atoms in total. The maximum atomic E-state index is 12.6. The van der Waals surface area contributed by atoms with Gasteiger partial charge in [0.1, 0.15) is 4.88 Å². The lowest BCUT2D eigenvalue weighted by Crippen LogP contribution is -2.35. The highest BCUT2D eigenvalue weighted by atomic mass is 32.1. The number of anilines is 1. The minimum absolute atomic E-state index is 0.0929. The van der Waals surface area contributed by atoms with Crippen LogP contribution in [0.3, 0.4) is 0 Å². The van der Waals surface area contributed by atoms with Crippen molar-refractivity contribution in [3.8, 4) is 0 Å². The quantitative estimate of drug-likeness (QED) is 0.923. The third kappa shape index (κ3) is 2.00. The first-order valence-electron chi connectivity index (χ1n) is 6.32. The fourth-order valence-electron chi connectivity index (χ4n) is 2.56. The van der Waals surface area contributed by atoms with Crippen LogP contribution >= 0.6 is 11.3 Å². The number of rotatable bonds is 2. The van der Waals surface area contributed by atoms with Gasteiger partial charge in [0.2, 0.25) is 0 Å². The minimum Gasteiger partial charge on any atom is -0.477 e. The fraction of sp³-hybridized carbons (Fsp3) is 0.200. The second-order valence-electron chi connectivity index (χ2n) is 4.83. The summed E-state index contributed by atoms with van der Waals surface area (Å²) in [4.78, 5) is 25.9. The Kier molecular flexibility index (Phi) is 3.06. The lowest BCUT2D eigenvalue weighted by Gasteiger charge is -2.21. The summed E-state index contributed by atoms with van der Waals surface area (Å²) in [5, 5.41) is 8.94. The van der Waals surface area contributed by atoms with Crippen molar-refractivity contribution in [2.75, 3.05) is 4.90 Å². The van der Waals surface area contributed by atoms with Gasteiger partial charge < -0.3 is 10.0 Å². The van der Waals surface area contributed by atoms with Crippen molar-refractivity contribution >= 4 is 28.9 Å². The third-order valence-electron chi connectivity index (χ3n) is 3.45. The fourth-order valence-corrected chi connectivity index (χ4v) is 3.34. The van der Waals surface area contributed by atoms with Gasteiger partial charge in [0.05, 0.1) is 4.88 Å². The molecule has 20 heavy (non-hydrogen) atoms. The molecule has 3 rings (SSSR count). The predicted octanol–water partition coefficient (Wildman–Crippen LogP) is 3.04. The normalized spacial score (nSPS) is 17.1. The van der Waals surface area contributed by atoms with E-state index in [1.54, 1.807) is 11.0 Å². The van der Waals surface area contributed by atoms with E-state index in [4.69, 9.17) is 5.11 Å². The summed E-state index contributed by atoms with van der Waals surface area (Å²) in [7, 11) is 0. The number of hydrogen-bond donors (Lipinski definition) is 1. The number of hydrogen-bond acceptors (Lipinski definition) is 3. The van der Waals surface area contributed by atoms with Crippen LogP contribution in [0.25, 0.3) is 0 Å². The molecule has 0 aliphatic carbocycles. The van der Waals surface area contributed by atoms with Crippen LogP contribution in [0.4, 0.5) is 5.69 Å². The van der Waals surface area contributed by atoms with Gasteiger partial charge in [0.25, 0.3) is 5.91 Å². The predicted molar refractivity (Wildman–Crippen MR) is 77.7 cm³/mol. The SMILES string of the molecule is C[C@H]1Cc2ccccc2N1C(=O)c1ccc(C(=O)O)s1. The number of nitrogens with zero attached hydrogens (tertiary/aromatic N) is 1. The molecule has 0 fully saturated rings. The average Bonchev–Trinajstić information content (AvgIpc) is 3.01. The smallest absolute Gasteiger partial charge is 0.345 e. The monoisotopic (exact) mass is 287 g/mol. The Morgan fingerprint density at radius 2 is 1.90 bits per heavy atom. The Labute approximate surface area is 120 Å². The largest absolute Gasteiger partial charge is 0.477 e. The highest BCUT2D eigenvalue weighted by Crippen LogP contribution is 2.34. The van der Waals surface area contributed by atoms with Crippen LogP contribution in [0.15, 0.2) is 36.4 Å². The Hall–Kier alpha value is -2.14. The summed E-state index contributed by atoms with van der Waals surface area (Å²) in [5.74, 6) is -1.12. The molecular weight excluding hydrogens is 274 g/mol. The Bertz CT molecular complexity index is 692. The molecule has 2 aromatic rings. The number of thiophene rings is 1. The first-order valence-corrected chi connectivity index (χ1v) is 7.14. The molecule has 1 aromatic carbocycles. The highest BCUT2D eigenvalue weighted by molar-refractivity contribution is 7.16. The molecule has 0 bridgehead atoms. The molecule has 0 spiro atoms. The molecule has 1 aromatic heterocycles. The van der Waals surface area contributed by atoms with E-state index in [0.717, 1.165) is 29.0 Å². The van der Waals surface area contributed by atoms with Crippen molar-refractivity contribution < 1.29 is 14.7 Å². The molecule has 1 N–H and O–H groups in total. The second-order valence-corrected chi connectivity index (χ2v) is 5.91. The summed E-state index contributed by atoms with van der Waals surface area (Å²) in [5.41, 5.74) is 2.08. The number of para-hydroxylation sites is 1. The van der Waals surface area contributed by atoms with Crippen molar-refractivity contribution in [1.82, 2.24) is 0 Å². The van der Waals surface area contributed by atoms with E-state index in [1.807, 2.05) is 31.2 Å². The van der Waals surface area contributed by atoms with E-state index >= 15 is 0 Å². The van der Waals surface area contributed by atoms with Crippen molar-refractivity contribution in [2.45, 2.75) is 19.4 Å². The summed E-state index contributed by atoms with van der Waals surface area (Å²) >= 11 is 1.02. The number of carbonyl (C=O) groups is 2. The molecule has 1 aliphatic rings. The summed E-state index contributed by atoms with van der Waals surface area (Å²) < 4.78 is 0. The number of benzene rings is 1. The van der Waals surface area contributed by atoms with Crippen molar-refractivity contribution in [2.24, 2.45) is 0 Å². The number of aromatic carboxylic acids is 1. The van der Waals surface area contributed by atoms with Crippen LogP contribution in [-0.2, 0) is 6.42 Å². The maximum absolute atomic E-state index is 12.6. The van der Waals surface area contributed by atoms with Crippen molar-refractivity contribution in [3.63, 3.8) is 0 Å². The first-order chi connectivity index (χ1) is 9.58. The molecule has 0 saturated heterocycles. The van der Waals surface area contributed by atoms with Gasteiger partial charge in [-0.1, -0.05) is 18.2 Å². The molecule has 1 amide bonds. The molecular formula is C15H13NO3S. The third-order valence-corrected chi connectivity index (χ3v) is 4.51. The highest BCUT2D eigenvalue weighted by Gasteiger charge is 2.32. The van der Waals surface area contributed by atoms with Gasteiger partial charge in [-0.05, 0) is 37.1 Å². The van der Waals surface area contributed by atoms with Crippen LogP contribution in [0.1, 0.15) is 31.8 Å². The maximum Gasteiger partial charge on any atom is 0.345 e. The molecule has 0 saturated carbocycles. The first kappa shape index (κ1) is 12.9. The Morgan fingerprint density at radius 3 is 2.60 bits per heavy atom. The number of fused-ring (bicyclic) bond motifs is 1. The topological polar surface area (TPSA) is 57.6 Å². The standard InChI is InChI=1S/C15H13NO3S/c1-9-8-10-4-2-3-5-11(10)16(9)14(17)12-6-7-13(20-12)15(18)19/h2-7,9H,8H2,1H3,(H,18,19)/t9-/m0/s1. The Morgan fingerprint density at radius 1 is 1.20 bits per heavy atom. The van der Waals surface area contributed by atoms with E-state index in [9.17, 15) is 9.59 Å². The van der Waals surface area contributed by atoms with Crippen molar-refractivity contribution in [3.05, 3.63) is 51.7 Å². The summed E-state index contributed by atoms with van der Waals surface area (Å²) in [6.07, 6.45) is 0.832. The van der Waals surface area contributed by atoms with Gasteiger partial charge in [0.15, 0.2) is 0 Å². The van der Waals surface area contributed by atoms with Crippen molar-refractivity contribution in [1.29, 1.82) is 0 Å². The van der Waals surface area contributed by atoms with Crippen LogP contribution in [-0.4, -0.2) is 23.0 Å². The van der Waals surface area contributed by atoms with Crippen LogP contribution in [0.5, 0.6) is 0 Å². The molecule has 102 valence electrons. The van der Waals surface area contributed by atoms with E-state index in [1.165, 1.54) is 6.07 Å². The summed E-state index contributed by atoms with van der Waals surface area (Å²) in [6.45, 7) is 2.00. The van der Waals surface area contributed by atoms with Crippen LogP contribution in [0.2, 0.25) is 0 Å². The minimum atomic E-state index is -0.996. The lowest BCUT2D eigenvalue weighted by atomic mass is 10.1. The van der Waals surface area contributed by atoms with E-state index in [0.29, 0.717) is 4.88 Å². The van der Waals surface area contributed by atoms with E-state index < -0.39 is 5.97 Å².